The Morgan fingerprint density at radius 1 is 1.29 bits per heavy atom. The fourth-order valence-corrected chi connectivity index (χ4v) is 2.47. The van der Waals surface area contributed by atoms with E-state index in [0.717, 1.165) is 25.7 Å². The number of carbonyl (C=O) groups excluding carboxylic acids is 1. The summed E-state index contributed by atoms with van der Waals surface area (Å²) in [6.45, 7) is 2.37. The van der Waals surface area contributed by atoms with Gasteiger partial charge in [-0.2, -0.15) is 0 Å². The van der Waals surface area contributed by atoms with Crippen LogP contribution in [0, 0.1) is 29.6 Å². The minimum Gasteiger partial charge on any atom is -0.466 e. The number of hydrogen-bond donors (Lipinski definition) is 0. The molecule has 0 N–H and O–H groups in total. The van der Waals surface area contributed by atoms with Gasteiger partial charge >= 0.3 is 5.97 Å². The molecular formula is C12H16O2. The van der Waals surface area contributed by atoms with Crippen molar-refractivity contribution in [3.05, 3.63) is 0 Å². The number of fused-ring (bicyclic) bond motifs is 1. The molecular weight excluding hydrogens is 176 g/mol. The topological polar surface area (TPSA) is 26.3 Å². The Labute approximate surface area is 85.0 Å². The lowest BCUT2D eigenvalue weighted by atomic mass is 10.1. The fraction of sp³-hybridized carbons (Fsp3) is 0.750. The highest BCUT2D eigenvalue weighted by Crippen LogP contribution is 2.52. The first-order valence-corrected chi connectivity index (χ1v) is 5.47. The second-order valence-corrected chi connectivity index (χ2v) is 4.04. The zero-order valence-electron chi connectivity index (χ0n) is 8.58. The Morgan fingerprint density at radius 3 is 2.36 bits per heavy atom. The second kappa shape index (κ2) is 4.04. The average molecular weight is 192 g/mol. The summed E-state index contributed by atoms with van der Waals surface area (Å²) in [7, 11) is 0. The molecule has 2 aliphatic carbocycles. The molecule has 0 spiro atoms. The van der Waals surface area contributed by atoms with Crippen LogP contribution in [-0.2, 0) is 9.53 Å². The van der Waals surface area contributed by atoms with Crippen LogP contribution >= 0.6 is 0 Å². The first-order valence-electron chi connectivity index (χ1n) is 5.47. The Morgan fingerprint density at radius 2 is 1.86 bits per heavy atom. The third-order valence-corrected chi connectivity index (χ3v) is 3.22. The van der Waals surface area contributed by atoms with Gasteiger partial charge in [-0.05, 0) is 31.6 Å². The molecule has 2 heteroatoms. The highest BCUT2D eigenvalue weighted by Gasteiger charge is 2.54. The normalized spacial score (nSPS) is 34.2. The van der Waals surface area contributed by atoms with Gasteiger partial charge in [0.15, 0.2) is 0 Å². The summed E-state index contributed by atoms with van der Waals surface area (Å²) in [4.78, 5) is 11.5. The molecule has 2 atom stereocenters. The summed E-state index contributed by atoms with van der Waals surface area (Å²) in [6.07, 6.45) is 4.08. The van der Waals surface area contributed by atoms with Crippen LogP contribution in [0.2, 0.25) is 0 Å². The Kier molecular flexibility index (Phi) is 2.77. The summed E-state index contributed by atoms with van der Waals surface area (Å²) in [5.74, 6) is 7.62. The molecule has 2 aliphatic rings. The molecule has 14 heavy (non-hydrogen) atoms. The van der Waals surface area contributed by atoms with Crippen LogP contribution in [0.3, 0.4) is 0 Å². The Balaban J connectivity index is 1.91. The second-order valence-electron chi connectivity index (χ2n) is 4.04. The number of ether oxygens (including phenoxy) is 1. The van der Waals surface area contributed by atoms with Gasteiger partial charge in [-0.1, -0.05) is 0 Å². The smallest absolute Gasteiger partial charge is 0.309 e. The predicted octanol–water partition coefficient (Wildman–Crippen LogP) is 1.99. The van der Waals surface area contributed by atoms with E-state index in [1.54, 1.807) is 0 Å². The molecule has 76 valence electrons. The number of carbonyl (C=O) groups is 1. The van der Waals surface area contributed by atoms with Crippen molar-refractivity contribution >= 4 is 5.97 Å². The van der Waals surface area contributed by atoms with Gasteiger partial charge in [0.05, 0.1) is 12.5 Å². The summed E-state index contributed by atoms with van der Waals surface area (Å²) >= 11 is 0. The van der Waals surface area contributed by atoms with Gasteiger partial charge in [0.2, 0.25) is 0 Å². The minimum atomic E-state index is 0.0180. The maximum Gasteiger partial charge on any atom is 0.309 e. The summed E-state index contributed by atoms with van der Waals surface area (Å²) in [6, 6.07) is 0. The Hall–Kier alpha value is -0.970. The van der Waals surface area contributed by atoms with Gasteiger partial charge < -0.3 is 4.74 Å². The molecule has 0 aromatic carbocycles. The van der Waals surface area contributed by atoms with Gasteiger partial charge in [-0.15, -0.1) is 11.8 Å². The first-order chi connectivity index (χ1) is 6.84. The SMILES string of the molecule is CCOC(=O)C1C2CCC#CCCC21. The number of hydrogen-bond acceptors (Lipinski definition) is 2. The molecule has 1 fully saturated rings. The van der Waals surface area contributed by atoms with Crippen LogP contribution in [0.4, 0.5) is 0 Å². The molecule has 2 rings (SSSR count). The third kappa shape index (κ3) is 1.77. The standard InChI is InChI=1S/C12H16O2/c1-2-14-12(13)11-9-7-5-3-4-6-8-10(9)11/h9-11H,2,5-8H2,1H3. The Bertz CT molecular complexity index is 266. The fourth-order valence-electron chi connectivity index (χ4n) is 2.47. The molecule has 0 aliphatic heterocycles. The molecule has 2 unspecified atom stereocenters. The summed E-state index contributed by atoms with van der Waals surface area (Å²) in [5, 5.41) is 0. The van der Waals surface area contributed by atoms with E-state index in [1.807, 2.05) is 6.92 Å². The van der Waals surface area contributed by atoms with Crippen molar-refractivity contribution in [1.29, 1.82) is 0 Å². The van der Waals surface area contributed by atoms with Crippen molar-refractivity contribution in [2.75, 3.05) is 6.61 Å². The van der Waals surface area contributed by atoms with Gasteiger partial charge in [0, 0.05) is 12.8 Å². The maximum atomic E-state index is 11.5. The largest absolute Gasteiger partial charge is 0.466 e. The van der Waals surface area contributed by atoms with Crippen molar-refractivity contribution in [3.8, 4) is 11.8 Å². The molecule has 0 heterocycles. The van der Waals surface area contributed by atoms with E-state index in [4.69, 9.17) is 4.74 Å². The molecule has 1 saturated carbocycles. The van der Waals surface area contributed by atoms with E-state index in [-0.39, 0.29) is 11.9 Å². The number of esters is 1. The summed E-state index contributed by atoms with van der Waals surface area (Å²) < 4.78 is 5.06. The first kappa shape index (κ1) is 9.58. The summed E-state index contributed by atoms with van der Waals surface area (Å²) in [5.41, 5.74) is 0. The van der Waals surface area contributed by atoms with Crippen LogP contribution in [-0.4, -0.2) is 12.6 Å². The van der Waals surface area contributed by atoms with Gasteiger partial charge in [0.25, 0.3) is 0 Å². The van der Waals surface area contributed by atoms with Crippen LogP contribution in [0.5, 0.6) is 0 Å². The van der Waals surface area contributed by atoms with E-state index >= 15 is 0 Å². The van der Waals surface area contributed by atoms with E-state index < -0.39 is 0 Å². The highest BCUT2D eigenvalue weighted by molar-refractivity contribution is 5.76. The van der Waals surface area contributed by atoms with Crippen molar-refractivity contribution in [3.63, 3.8) is 0 Å². The lowest BCUT2D eigenvalue weighted by molar-refractivity contribution is -0.145. The zero-order chi connectivity index (χ0) is 9.97. The average Bonchev–Trinajstić information content (AvgIpc) is 2.77. The van der Waals surface area contributed by atoms with Crippen molar-refractivity contribution in [2.45, 2.75) is 32.6 Å². The zero-order valence-corrected chi connectivity index (χ0v) is 8.58. The van der Waals surface area contributed by atoms with Crippen molar-refractivity contribution in [2.24, 2.45) is 17.8 Å². The molecule has 0 aromatic heterocycles. The van der Waals surface area contributed by atoms with Gasteiger partial charge in [-0.25, -0.2) is 0 Å². The molecule has 0 amide bonds. The van der Waals surface area contributed by atoms with Gasteiger partial charge in [-0.3, -0.25) is 4.79 Å². The lowest BCUT2D eigenvalue weighted by Crippen LogP contribution is -2.08. The van der Waals surface area contributed by atoms with Crippen molar-refractivity contribution in [1.82, 2.24) is 0 Å². The molecule has 0 aromatic rings. The van der Waals surface area contributed by atoms with E-state index in [1.165, 1.54) is 0 Å². The van der Waals surface area contributed by atoms with Crippen LogP contribution < -0.4 is 0 Å². The van der Waals surface area contributed by atoms with Crippen molar-refractivity contribution < 1.29 is 9.53 Å². The third-order valence-electron chi connectivity index (χ3n) is 3.22. The highest BCUT2D eigenvalue weighted by atomic mass is 16.5. The van der Waals surface area contributed by atoms with E-state index in [9.17, 15) is 4.79 Å². The lowest BCUT2D eigenvalue weighted by Gasteiger charge is -1.99. The molecule has 0 radical (unpaired) electrons. The molecule has 0 saturated heterocycles. The monoisotopic (exact) mass is 192 g/mol. The van der Waals surface area contributed by atoms with E-state index in [2.05, 4.69) is 11.8 Å². The minimum absolute atomic E-state index is 0.0180. The molecule has 2 nitrogen and oxygen atoms in total. The number of rotatable bonds is 2. The quantitative estimate of drug-likeness (QED) is 0.494. The predicted molar refractivity (Wildman–Crippen MR) is 53.3 cm³/mol. The van der Waals surface area contributed by atoms with Crippen LogP contribution in [0.1, 0.15) is 32.6 Å². The van der Waals surface area contributed by atoms with E-state index in [0.29, 0.717) is 18.4 Å². The van der Waals surface area contributed by atoms with Crippen LogP contribution in [0.25, 0.3) is 0 Å². The van der Waals surface area contributed by atoms with Gasteiger partial charge in [0.1, 0.15) is 0 Å². The molecule has 0 bridgehead atoms. The maximum absolute atomic E-state index is 11.5. The van der Waals surface area contributed by atoms with Crippen LogP contribution in [0.15, 0.2) is 0 Å².